The van der Waals surface area contributed by atoms with Crippen molar-refractivity contribution in [3.63, 3.8) is 0 Å². The number of halogens is 1. The van der Waals surface area contributed by atoms with Crippen molar-refractivity contribution in [2.75, 3.05) is 32.7 Å². The maximum atomic E-state index is 5.30. The molecule has 1 aliphatic rings. The fourth-order valence-corrected chi connectivity index (χ4v) is 3.71. The number of likely N-dealkylation sites (N-methyl/N-ethyl adjacent to an activating group) is 1. The van der Waals surface area contributed by atoms with Crippen molar-refractivity contribution < 1.29 is 4.52 Å². The zero-order valence-corrected chi connectivity index (χ0v) is 20.7. The third kappa shape index (κ3) is 6.94. The fraction of sp³-hybridized carbons (Fsp3) is 0.591. The largest absolute Gasteiger partial charge is 0.357 e. The summed E-state index contributed by atoms with van der Waals surface area (Å²) >= 11 is 0. The Labute approximate surface area is 197 Å². The van der Waals surface area contributed by atoms with Gasteiger partial charge in [0.1, 0.15) is 0 Å². The molecular weight excluding hydrogens is 491 g/mol. The number of benzene rings is 1. The fourth-order valence-electron chi connectivity index (χ4n) is 3.71. The van der Waals surface area contributed by atoms with Crippen molar-refractivity contribution in [2.24, 2.45) is 4.99 Å². The summed E-state index contributed by atoms with van der Waals surface area (Å²) in [5.41, 5.74) is 2.22. The Morgan fingerprint density at radius 2 is 2.00 bits per heavy atom. The molecule has 30 heavy (non-hydrogen) atoms. The molecule has 0 amide bonds. The Bertz CT molecular complexity index is 776. The molecule has 0 saturated carbocycles. The van der Waals surface area contributed by atoms with E-state index >= 15 is 0 Å². The number of aliphatic imine (C=N–C) groups is 1. The van der Waals surface area contributed by atoms with Gasteiger partial charge in [-0.3, -0.25) is 9.89 Å². The number of nitrogens with zero attached hydrogens (tertiary/aromatic N) is 4. The normalized spacial score (nSPS) is 17.0. The predicted molar refractivity (Wildman–Crippen MR) is 132 cm³/mol. The second-order valence-electron chi connectivity index (χ2n) is 7.39. The number of aryl methyl sites for hydroxylation is 1. The number of guanidine groups is 1. The minimum Gasteiger partial charge on any atom is -0.357 e. The Kier molecular flexibility index (Phi) is 10.6. The van der Waals surface area contributed by atoms with E-state index in [1.54, 1.807) is 0 Å². The summed E-state index contributed by atoms with van der Waals surface area (Å²) in [5, 5.41) is 10.8. The summed E-state index contributed by atoms with van der Waals surface area (Å²) in [6.45, 7) is 11.2. The number of nitrogens with one attached hydrogen (secondary N) is 2. The van der Waals surface area contributed by atoms with Crippen molar-refractivity contribution in [1.29, 1.82) is 0 Å². The summed E-state index contributed by atoms with van der Waals surface area (Å²) in [6, 6.07) is 8.91. The molecule has 0 radical (unpaired) electrons. The van der Waals surface area contributed by atoms with Crippen LogP contribution in [0.1, 0.15) is 45.0 Å². The van der Waals surface area contributed by atoms with E-state index < -0.39 is 0 Å². The first kappa shape index (κ1) is 24.6. The highest BCUT2D eigenvalue weighted by Crippen LogP contribution is 2.18. The van der Waals surface area contributed by atoms with Crippen LogP contribution in [0, 0.1) is 0 Å². The maximum absolute atomic E-state index is 5.30. The Morgan fingerprint density at radius 1 is 1.20 bits per heavy atom. The van der Waals surface area contributed by atoms with Gasteiger partial charge in [0.15, 0.2) is 11.8 Å². The molecule has 1 saturated heterocycles. The predicted octanol–water partition coefficient (Wildman–Crippen LogP) is 3.50. The minimum absolute atomic E-state index is 0. The van der Waals surface area contributed by atoms with Gasteiger partial charge >= 0.3 is 0 Å². The molecule has 1 aromatic heterocycles. The van der Waals surface area contributed by atoms with Gasteiger partial charge in [0.25, 0.3) is 5.89 Å². The van der Waals surface area contributed by atoms with E-state index in [1.807, 2.05) is 19.1 Å². The van der Waals surface area contributed by atoms with Crippen molar-refractivity contribution in [3.05, 3.63) is 35.7 Å². The van der Waals surface area contributed by atoms with Crippen LogP contribution in [0.15, 0.2) is 33.8 Å². The number of hydrogen-bond acceptors (Lipinski definition) is 5. The topological polar surface area (TPSA) is 78.6 Å². The highest BCUT2D eigenvalue weighted by atomic mass is 127. The molecular formula is C22H35IN6O. The molecule has 2 heterocycles. The third-order valence-electron chi connectivity index (χ3n) is 5.40. The van der Waals surface area contributed by atoms with Gasteiger partial charge in [0.2, 0.25) is 0 Å². The van der Waals surface area contributed by atoms with Gasteiger partial charge in [-0.2, -0.15) is 4.98 Å². The molecule has 1 aliphatic heterocycles. The first-order chi connectivity index (χ1) is 14.2. The van der Waals surface area contributed by atoms with Crippen LogP contribution in [-0.2, 0) is 12.8 Å². The van der Waals surface area contributed by atoms with Crippen LogP contribution in [0.2, 0.25) is 0 Å². The standard InChI is InChI=1S/C22H34N6O.HI/c1-4-20-26-21(29-27-20)18-11-9-17(10-12-18)13-14-24-22(23-5-2)25-16-19-8-7-15-28(19)6-3;/h9-12,19H,4-8,13-16H2,1-3H3,(H2,23,24,25);1H. The lowest BCUT2D eigenvalue weighted by molar-refractivity contribution is 0.273. The summed E-state index contributed by atoms with van der Waals surface area (Å²) in [5.74, 6) is 2.23. The lowest BCUT2D eigenvalue weighted by Crippen LogP contribution is -2.40. The van der Waals surface area contributed by atoms with E-state index in [1.165, 1.54) is 24.9 Å². The quantitative estimate of drug-likeness (QED) is 0.296. The van der Waals surface area contributed by atoms with Crippen molar-refractivity contribution in [3.8, 4) is 11.5 Å². The highest BCUT2D eigenvalue weighted by Gasteiger charge is 2.22. The molecule has 2 aromatic rings. The molecule has 0 aliphatic carbocycles. The Balaban J connectivity index is 0.00000320. The molecule has 1 fully saturated rings. The molecule has 1 aromatic carbocycles. The molecule has 0 bridgehead atoms. The molecule has 3 rings (SSSR count). The summed E-state index contributed by atoms with van der Waals surface area (Å²) in [7, 11) is 0. The Hall–Kier alpha value is -1.68. The van der Waals surface area contributed by atoms with Crippen LogP contribution in [0.4, 0.5) is 0 Å². The SMILES string of the molecule is CCNC(=NCC1CCCN1CC)NCCc1ccc(-c2nc(CC)no2)cc1.I. The average molecular weight is 526 g/mol. The van der Waals surface area contributed by atoms with Gasteiger partial charge in [0, 0.05) is 31.1 Å². The minimum atomic E-state index is 0. The average Bonchev–Trinajstić information content (AvgIpc) is 3.41. The van der Waals surface area contributed by atoms with Gasteiger partial charge in [-0.1, -0.05) is 31.1 Å². The summed E-state index contributed by atoms with van der Waals surface area (Å²) in [4.78, 5) is 11.7. The van der Waals surface area contributed by atoms with Gasteiger partial charge in [-0.15, -0.1) is 24.0 Å². The monoisotopic (exact) mass is 526 g/mol. The van der Waals surface area contributed by atoms with Crippen molar-refractivity contribution in [2.45, 2.75) is 52.5 Å². The van der Waals surface area contributed by atoms with Crippen LogP contribution in [-0.4, -0.2) is 59.8 Å². The van der Waals surface area contributed by atoms with Crippen LogP contribution < -0.4 is 10.6 Å². The van der Waals surface area contributed by atoms with Gasteiger partial charge in [0.05, 0.1) is 6.54 Å². The zero-order valence-electron chi connectivity index (χ0n) is 18.4. The summed E-state index contributed by atoms with van der Waals surface area (Å²) < 4.78 is 5.30. The second kappa shape index (κ2) is 12.9. The lowest BCUT2D eigenvalue weighted by Gasteiger charge is -2.21. The van der Waals surface area contributed by atoms with Gasteiger partial charge in [-0.25, -0.2) is 0 Å². The highest BCUT2D eigenvalue weighted by molar-refractivity contribution is 14.0. The summed E-state index contributed by atoms with van der Waals surface area (Å²) in [6.07, 6.45) is 4.25. The van der Waals surface area contributed by atoms with Crippen LogP contribution in [0.25, 0.3) is 11.5 Å². The molecule has 0 spiro atoms. The van der Waals surface area contributed by atoms with Crippen LogP contribution in [0.5, 0.6) is 0 Å². The van der Waals surface area contributed by atoms with E-state index in [2.05, 4.69) is 51.7 Å². The van der Waals surface area contributed by atoms with E-state index in [4.69, 9.17) is 9.52 Å². The van der Waals surface area contributed by atoms with Crippen LogP contribution >= 0.6 is 24.0 Å². The van der Waals surface area contributed by atoms with Gasteiger partial charge < -0.3 is 15.2 Å². The van der Waals surface area contributed by atoms with Crippen molar-refractivity contribution in [1.82, 2.24) is 25.7 Å². The maximum Gasteiger partial charge on any atom is 0.257 e. The number of aromatic nitrogens is 2. The van der Waals surface area contributed by atoms with Crippen LogP contribution in [0.3, 0.4) is 0 Å². The molecule has 8 heteroatoms. The molecule has 2 N–H and O–H groups in total. The van der Waals surface area contributed by atoms with E-state index in [-0.39, 0.29) is 24.0 Å². The van der Waals surface area contributed by atoms with E-state index in [0.717, 1.165) is 56.4 Å². The van der Waals surface area contributed by atoms with Gasteiger partial charge in [-0.05, 0) is 57.0 Å². The van der Waals surface area contributed by atoms with E-state index in [9.17, 15) is 0 Å². The molecule has 7 nitrogen and oxygen atoms in total. The first-order valence-corrected chi connectivity index (χ1v) is 10.9. The molecule has 1 atom stereocenters. The lowest BCUT2D eigenvalue weighted by atomic mass is 10.1. The second-order valence-corrected chi connectivity index (χ2v) is 7.39. The number of rotatable bonds is 9. The number of hydrogen-bond donors (Lipinski definition) is 2. The smallest absolute Gasteiger partial charge is 0.257 e. The molecule has 166 valence electrons. The van der Waals surface area contributed by atoms with E-state index in [0.29, 0.717) is 11.9 Å². The number of likely N-dealkylation sites (tertiary alicyclic amines) is 1. The third-order valence-corrected chi connectivity index (χ3v) is 5.40. The zero-order chi connectivity index (χ0) is 20.5. The first-order valence-electron chi connectivity index (χ1n) is 10.9. The molecule has 1 unspecified atom stereocenters. The van der Waals surface area contributed by atoms with Crippen molar-refractivity contribution >= 4 is 29.9 Å². The Morgan fingerprint density at radius 3 is 2.67 bits per heavy atom.